The lowest BCUT2D eigenvalue weighted by molar-refractivity contribution is -0.100. The summed E-state index contributed by atoms with van der Waals surface area (Å²) in [4.78, 5) is 11.0. The third kappa shape index (κ3) is 3.15. The Morgan fingerprint density at radius 2 is 2.05 bits per heavy atom. The number of likely N-dealkylation sites (tertiary alicyclic amines) is 1. The van der Waals surface area contributed by atoms with Crippen LogP contribution in [0.1, 0.15) is 30.6 Å². The molecule has 5 nitrogen and oxygen atoms in total. The number of piperidine rings is 1. The number of hydrogen-bond acceptors (Lipinski definition) is 6. The van der Waals surface area contributed by atoms with E-state index in [9.17, 15) is 0 Å². The van der Waals surface area contributed by atoms with E-state index < -0.39 is 0 Å². The molecule has 4 rings (SSSR count). The summed E-state index contributed by atoms with van der Waals surface area (Å²) in [7, 11) is 0. The maximum Gasteiger partial charge on any atom is 0.185 e. The Bertz CT molecular complexity index is 484. The fraction of sp³-hybridized carbons (Fsp3) is 0.812. The van der Waals surface area contributed by atoms with Crippen LogP contribution >= 0.6 is 11.3 Å². The summed E-state index contributed by atoms with van der Waals surface area (Å²) in [6.45, 7) is 8.60. The molecule has 122 valence electrons. The van der Waals surface area contributed by atoms with Crippen LogP contribution in [0.3, 0.4) is 0 Å². The third-order valence-corrected chi connectivity index (χ3v) is 6.24. The Kier molecular flexibility index (Phi) is 4.35. The molecular formula is C16H26N4OS. The van der Waals surface area contributed by atoms with Gasteiger partial charge in [0.25, 0.3) is 0 Å². The van der Waals surface area contributed by atoms with Gasteiger partial charge >= 0.3 is 0 Å². The maximum absolute atomic E-state index is 6.07. The van der Waals surface area contributed by atoms with E-state index in [4.69, 9.17) is 4.74 Å². The lowest BCUT2D eigenvalue weighted by atomic mass is 9.90. The van der Waals surface area contributed by atoms with Crippen molar-refractivity contribution in [3.8, 4) is 0 Å². The second kappa shape index (κ2) is 6.43. The van der Waals surface area contributed by atoms with Gasteiger partial charge in [0.1, 0.15) is 0 Å². The monoisotopic (exact) mass is 322 g/mol. The van der Waals surface area contributed by atoms with Gasteiger partial charge in [0.05, 0.1) is 12.2 Å². The van der Waals surface area contributed by atoms with Crippen molar-refractivity contribution in [1.82, 2.24) is 15.2 Å². The molecule has 0 aromatic carbocycles. The molecule has 3 aliphatic rings. The average Bonchev–Trinajstić information content (AvgIpc) is 3.22. The number of aromatic nitrogens is 1. The first-order valence-corrected chi connectivity index (χ1v) is 9.41. The van der Waals surface area contributed by atoms with Crippen molar-refractivity contribution in [3.05, 3.63) is 11.1 Å². The molecule has 6 heteroatoms. The number of thiazole rings is 1. The second-order valence-corrected chi connectivity index (χ2v) is 7.88. The van der Waals surface area contributed by atoms with E-state index >= 15 is 0 Å². The third-order valence-electron chi connectivity index (χ3n) is 5.20. The van der Waals surface area contributed by atoms with E-state index in [1.54, 1.807) is 0 Å². The Morgan fingerprint density at radius 3 is 2.77 bits per heavy atom. The number of anilines is 1. The fourth-order valence-corrected chi connectivity index (χ4v) is 4.80. The van der Waals surface area contributed by atoms with Gasteiger partial charge in [-0.3, -0.25) is 4.90 Å². The second-order valence-electron chi connectivity index (χ2n) is 6.79. The molecule has 0 atom stereocenters. The number of rotatable bonds is 3. The molecule has 1 spiro atoms. The fourth-order valence-electron chi connectivity index (χ4n) is 3.79. The SMILES string of the molecule is c1nc(N2CCCC2)sc1CN1CCC2(CC1)CNCCO2. The van der Waals surface area contributed by atoms with Gasteiger partial charge in [-0.2, -0.15) is 0 Å². The van der Waals surface area contributed by atoms with Crippen LogP contribution in [0.15, 0.2) is 6.20 Å². The van der Waals surface area contributed by atoms with E-state index in [2.05, 4.69) is 26.3 Å². The van der Waals surface area contributed by atoms with Crippen molar-refractivity contribution in [2.45, 2.75) is 37.8 Å². The molecular weight excluding hydrogens is 296 g/mol. The summed E-state index contributed by atoms with van der Waals surface area (Å²) < 4.78 is 6.07. The van der Waals surface area contributed by atoms with Gasteiger partial charge in [-0.1, -0.05) is 0 Å². The molecule has 22 heavy (non-hydrogen) atoms. The molecule has 1 aromatic heterocycles. The lowest BCUT2D eigenvalue weighted by Gasteiger charge is -2.44. The predicted molar refractivity (Wildman–Crippen MR) is 89.6 cm³/mol. The quantitative estimate of drug-likeness (QED) is 0.917. The van der Waals surface area contributed by atoms with E-state index in [-0.39, 0.29) is 5.60 Å². The topological polar surface area (TPSA) is 40.6 Å². The van der Waals surface area contributed by atoms with Crippen molar-refractivity contribution in [1.29, 1.82) is 0 Å². The Balaban J connectivity index is 1.31. The van der Waals surface area contributed by atoms with E-state index in [0.29, 0.717) is 0 Å². The first-order chi connectivity index (χ1) is 10.8. The van der Waals surface area contributed by atoms with Crippen LogP contribution in [0.5, 0.6) is 0 Å². The molecule has 4 heterocycles. The zero-order valence-electron chi connectivity index (χ0n) is 13.2. The van der Waals surface area contributed by atoms with Gasteiger partial charge in [-0.05, 0) is 25.7 Å². The standard InChI is InChI=1S/C16H26N4OS/c1-2-7-20(6-1)15-18-11-14(22-15)12-19-8-3-16(4-9-19)13-17-5-10-21-16/h11,17H,1-10,12-13H2. The summed E-state index contributed by atoms with van der Waals surface area (Å²) in [5.74, 6) is 0. The van der Waals surface area contributed by atoms with Crippen LogP contribution in [-0.4, -0.2) is 61.4 Å². The Labute approximate surface area is 136 Å². The number of nitrogens with zero attached hydrogens (tertiary/aromatic N) is 3. The summed E-state index contributed by atoms with van der Waals surface area (Å²) >= 11 is 1.88. The molecule has 0 aliphatic carbocycles. The van der Waals surface area contributed by atoms with Crippen molar-refractivity contribution in [2.24, 2.45) is 0 Å². The zero-order valence-corrected chi connectivity index (χ0v) is 14.0. The number of morpholine rings is 1. The lowest BCUT2D eigenvalue weighted by Crippen LogP contribution is -2.55. The van der Waals surface area contributed by atoms with Gasteiger partial charge < -0.3 is 15.0 Å². The van der Waals surface area contributed by atoms with E-state index in [1.807, 2.05) is 11.3 Å². The van der Waals surface area contributed by atoms with Gasteiger partial charge in [-0.25, -0.2) is 4.98 Å². The van der Waals surface area contributed by atoms with Crippen LogP contribution in [0.4, 0.5) is 5.13 Å². The molecule has 0 bridgehead atoms. The van der Waals surface area contributed by atoms with Crippen LogP contribution in [0.25, 0.3) is 0 Å². The number of ether oxygens (including phenoxy) is 1. The van der Waals surface area contributed by atoms with Crippen molar-refractivity contribution >= 4 is 16.5 Å². The highest BCUT2D eigenvalue weighted by atomic mass is 32.1. The van der Waals surface area contributed by atoms with Crippen LogP contribution in [-0.2, 0) is 11.3 Å². The molecule has 0 unspecified atom stereocenters. The van der Waals surface area contributed by atoms with Crippen LogP contribution in [0.2, 0.25) is 0 Å². The van der Waals surface area contributed by atoms with Crippen molar-refractivity contribution in [3.63, 3.8) is 0 Å². The minimum atomic E-state index is 0.114. The minimum absolute atomic E-state index is 0.114. The molecule has 3 saturated heterocycles. The summed E-state index contributed by atoms with van der Waals surface area (Å²) in [6, 6.07) is 0. The minimum Gasteiger partial charge on any atom is -0.372 e. The highest BCUT2D eigenvalue weighted by Crippen LogP contribution is 2.30. The average molecular weight is 322 g/mol. The van der Waals surface area contributed by atoms with Crippen molar-refractivity contribution in [2.75, 3.05) is 50.8 Å². The van der Waals surface area contributed by atoms with Gasteiger partial charge in [-0.15, -0.1) is 11.3 Å². The maximum atomic E-state index is 6.07. The molecule has 3 aliphatic heterocycles. The molecule has 0 amide bonds. The smallest absolute Gasteiger partial charge is 0.185 e. The van der Waals surface area contributed by atoms with E-state index in [0.717, 1.165) is 52.2 Å². The summed E-state index contributed by atoms with van der Waals surface area (Å²) in [5, 5.41) is 4.71. The number of nitrogens with one attached hydrogen (secondary N) is 1. The van der Waals surface area contributed by atoms with Crippen LogP contribution < -0.4 is 10.2 Å². The highest BCUT2D eigenvalue weighted by Gasteiger charge is 2.36. The molecule has 1 N–H and O–H groups in total. The van der Waals surface area contributed by atoms with E-state index in [1.165, 1.54) is 35.9 Å². The number of hydrogen-bond donors (Lipinski definition) is 1. The predicted octanol–water partition coefficient (Wildman–Crippen LogP) is 1.70. The molecule has 3 fully saturated rings. The first-order valence-electron chi connectivity index (χ1n) is 8.60. The Morgan fingerprint density at radius 1 is 1.23 bits per heavy atom. The highest BCUT2D eigenvalue weighted by molar-refractivity contribution is 7.15. The summed E-state index contributed by atoms with van der Waals surface area (Å²) in [6.07, 6.45) is 7.02. The molecule has 1 aromatic rings. The normalized spacial score (nSPS) is 25.9. The first kappa shape index (κ1) is 14.9. The van der Waals surface area contributed by atoms with Gasteiger partial charge in [0, 0.05) is 56.9 Å². The van der Waals surface area contributed by atoms with Gasteiger partial charge in [0.2, 0.25) is 0 Å². The summed E-state index contributed by atoms with van der Waals surface area (Å²) in [5.41, 5.74) is 0.114. The molecule has 0 radical (unpaired) electrons. The largest absolute Gasteiger partial charge is 0.372 e. The van der Waals surface area contributed by atoms with Gasteiger partial charge in [0.15, 0.2) is 5.13 Å². The zero-order chi connectivity index (χ0) is 14.8. The van der Waals surface area contributed by atoms with Crippen LogP contribution in [0, 0.1) is 0 Å². The van der Waals surface area contributed by atoms with Crippen molar-refractivity contribution < 1.29 is 4.74 Å². The molecule has 0 saturated carbocycles. The Hall–Kier alpha value is -0.690.